The number of allylic oxidation sites excluding steroid dienone is 4. The molecule has 0 fully saturated rings. The van der Waals surface area contributed by atoms with Crippen molar-refractivity contribution in [1.82, 2.24) is 0 Å². The van der Waals surface area contributed by atoms with Gasteiger partial charge in [-0.3, -0.25) is 9.59 Å². The Balaban J connectivity index is 4.43. The van der Waals surface area contributed by atoms with Crippen LogP contribution in [0.3, 0.4) is 0 Å². The van der Waals surface area contributed by atoms with Crippen molar-refractivity contribution in [3.63, 3.8) is 0 Å². The van der Waals surface area contributed by atoms with Crippen LogP contribution in [0.25, 0.3) is 0 Å². The van der Waals surface area contributed by atoms with Crippen molar-refractivity contribution in [3.05, 3.63) is 24.3 Å². The molecule has 2 unspecified atom stereocenters. The predicted molar refractivity (Wildman–Crippen MR) is 194 cm³/mol. The second kappa shape index (κ2) is 32.0. The van der Waals surface area contributed by atoms with Gasteiger partial charge in [-0.1, -0.05) is 128 Å². The SMILES string of the molecule is CC/C=C/C/C=C/CCCCCCCC(=O)OCC(COCCC(C(=O)[O-])[N+](C)(C)C)OC(=O)CCCCCCCCCCCCCC. The number of carboxylic acids is 1. The van der Waals surface area contributed by atoms with Crippen LogP contribution >= 0.6 is 0 Å². The van der Waals surface area contributed by atoms with E-state index in [1.807, 2.05) is 0 Å². The van der Waals surface area contributed by atoms with Gasteiger partial charge in [0.05, 0.1) is 40.3 Å². The van der Waals surface area contributed by atoms with Crippen LogP contribution in [-0.2, 0) is 28.6 Å². The van der Waals surface area contributed by atoms with Gasteiger partial charge in [0.25, 0.3) is 0 Å². The summed E-state index contributed by atoms with van der Waals surface area (Å²) in [6.07, 6.45) is 32.0. The fourth-order valence-corrected chi connectivity index (χ4v) is 5.58. The molecule has 2 atom stereocenters. The Morgan fingerprint density at radius 1 is 0.646 bits per heavy atom. The maximum Gasteiger partial charge on any atom is 0.306 e. The molecule has 0 N–H and O–H groups in total. The van der Waals surface area contributed by atoms with Crippen LogP contribution in [0.4, 0.5) is 0 Å². The zero-order valence-electron chi connectivity index (χ0n) is 31.7. The molecule has 0 radical (unpaired) electrons. The van der Waals surface area contributed by atoms with E-state index in [2.05, 4.69) is 38.2 Å². The molecule has 0 aliphatic carbocycles. The summed E-state index contributed by atoms with van der Waals surface area (Å²) in [4.78, 5) is 36.6. The maximum absolute atomic E-state index is 12.6. The number of aliphatic carboxylic acids is 1. The van der Waals surface area contributed by atoms with Crippen molar-refractivity contribution < 1.29 is 38.2 Å². The van der Waals surface area contributed by atoms with Crippen molar-refractivity contribution in [3.8, 4) is 0 Å². The number of carbonyl (C=O) groups excluding carboxylic acids is 3. The van der Waals surface area contributed by atoms with Crippen molar-refractivity contribution in [2.24, 2.45) is 0 Å². The summed E-state index contributed by atoms with van der Waals surface area (Å²) in [6.45, 7) is 4.52. The summed E-state index contributed by atoms with van der Waals surface area (Å²) in [5.41, 5.74) is 0. The lowest BCUT2D eigenvalue weighted by atomic mass is 10.0. The van der Waals surface area contributed by atoms with Crippen molar-refractivity contribution >= 4 is 17.9 Å². The average Bonchev–Trinajstić information content (AvgIpc) is 3.03. The Morgan fingerprint density at radius 3 is 1.71 bits per heavy atom. The number of carbonyl (C=O) groups is 3. The highest BCUT2D eigenvalue weighted by Crippen LogP contribution is 2.14. The van der Waals surface area contributed by atoms with Crippen molar-refractivity contribution in [2.45, 2.75) is 174 Å². The van der Waals surface area contributed by atoms with Crippen molar-refractivity contribution in [1.29, 1.82) is 0 Å². The monoisotopic (exact) mass is 680 g/mol. The van der Waals surface area contributed by atoms with Gasteiger partial charge in [0.2, 0.25) is 0 Å². The topological polar surface area (TPSA) is 102 Å². The van der Waals surface area contributed by atoms with Gasteiger partial charge >= 0.3 is 11.9 Å². The standard InChI is InChI=1S/C40H73NO7/c1-6-8-10-12-14-16-18-20-22-24-26-28-30-38(42)47-35-36(34-46-33-32-37(40(44)45)41(3,4)5)48-39(43)31-29-27-25-23-21-19-17-15-13-11-9-7-2/h8,10,14,16,36-37H,6-7,9,11-13,15,17-35H2,1-5H3/b10-8+,16-14+. The predicted octanol–water partition coefficient (Wildman–Crippen LogP) is 8.41. The van der Waals surface area contributed by atoms with Gasteiger partial charge in [0.1, 0.15) is 12.6 Å². The molecule has 8 heteroatoms. The Bertz CT molecular complexity index is 849. The van der Waals surface area contributed by atoms with E-state index < -0.39 is 18.1 Å². The van der Waals surface area contributed by atoms with Crippen LogP contribution < -0.4 is 5.11 Å². The van der Waals surface area contributed by atoms with E-state index in [-0.39, 0.29) is 42.7 Å². The summed E-state index contributed by atoms with van der Waals surface area (Å²) in [5.74, 6) is -1.75. The lowest BCUT2D eigenvalue weighted by molar-refractivity contribution is -0.889. The molecule has 0 aromatic carbocycles. The van der Waals surface area contributed by atoms with Gasteiger partial charge in [0.15, 0.2) is 6.10 Å². The number of esters is 2. The third-order valence-electron chi connectivity index (χ3n) is 8.60. The number of likely N-dealkylation sites (N-methyl/N-ethyl adjacent to an activating group) is 1. The summed E-state index contributed by atoms with van der Waals surface area (Å²) in [5, 5.41) is 11.6. The Labute approximate surface area is 294 Å². The molecular weight excluding hydrogens is 606 g/mol. The molecule has 0 amide bonds. The van der Waals surface area contributed by atoms with Crippen LogP contribution in [0.15, 0.2) is 24.3 Å². The molecule has 0 rings (SSSR count). The molecule has 0 saturated carbocycles. The third-order valence-corrected chi connectivity index (χ3v) is 8.60. The maximum atomic E-state index is 12.6. The van der Waals surface area contributed by atoms with Crippen LogP contribution in [0.1, 0.15) is 162 Å². The highest BCUT2D eigenvalue weighted by molar-refractivity contribution is 5.70. The van der Waals surface area contributed by atoms with Gasteiger partial charge in [-0.2, -0.15) is 0 Å². The first-order chi connectivity index (χ1) is 23.1. The van der Waals surface area contributed by atoms with Gasteiger partial charge in [-0.25, -0.2) is 0 Å². The number of unbranched alkanes of at least 4 members (excludes halogenated alkanes) is 16. The number of rotatable bonds is 34. The van der Waals surface area contributed by atoms with Gasteiger partial charge in [-0.15, -0.1) is 0 Å². The number of carboxylic acid groups (broad SMARTS) is 1. The van der Waals surface area contributed by atoms with E-state index in [1.165, 1.54) is 57.8 Å². The first kappa shape index (κ1) is 45.8. The van der Waals surface area contributed by atoms with E-state index in [0.717, 1.165) is 70.6 Å². The minimum Gasteiger partial charge on any atom is -0.544 e. The fourth-order valence-electron chi connectivity index (χ4n) is 5.58. The minimum absolute atomic E-state index is 0.0394. The fraction of sp³-hybridized carbons (Fsp3) is 0.825. The first-order valence-corrected chi connectivity index (χ1v) is 19.4. The minimum atomic E-state index is -1.13. The van der Waals surface area contributed by atoms with Crippen LogP contribution in [0.2, 0.25) is 0 Å². The molecule has 8 nitrogen and oxygen atoms in total. The largest absolute Gasteiger partial charge is 0.544 e. The average molecular weight is 680 g/mol. The van der Waals surface area contributed by atoms with Gasteiger partial charge in [-0.05, 0) is 38.5 Å². The molecule has 0 aliphatic heterocycles. The van der Waals surface area contributed by atoms with E-state index >= 15 is 0 Å². The lowest BCUT2D eigenvalue weighted by Crippen LogP contribution is -2.55. The van der Waals surface area contributed by atoms with Crippen molar-refractivity contribution in [2.75, 3.05) is 41.0 Å². The zero-order valence-corrected chi connectivity index (χ0v) is 31.7. The summed E-state index contributed by atoms with van der Waals surface area (Å²) in [7, 11) is 5.39. The normalized spacial score (nSPS) is 13.3. The Kier molecular flexibility index (Phi) is 30.6. The zero-order chi connectivity index (χ0) is 35.7. The Hall–Kier alpha value is -2.19. The molecule has 0 heterocycles. The second-order valence-corrected chi connectivity index (χ2v) is 14.1. The van der Waals surface area contributed by atoms with Crippen LogP contribution in [0, 0.1) is 0 Å². The van der Waals surface area contributed by atoms with Gasteiger partial charge < -0.3 is 28.6 Å². The Morgan fingerprint density at radius 2 is 1.17 bits per heavy atom. The third kappa shape index (κ3) is 29.9. The number of hydrogen-bond acceptors (Lipinski definition) is 7. The molecule has 48 heavy (non-hydrogen) atoms. The smallest absolute Gasteiger partial charge is 0.306 e. The summed E-state index contributed by atoms with van der Waals surface area (Å²) < 4.78 is 17.1. The van der Waals surface area contributed by atoms with Crippen LogP contribution in [0.5, 0.6) is 0 Å². The number of nitrogens with zero attached hydrogens (tertiary/aromatic N) is 1. The highest BCUT2D eigenvalue weighted by atomic mass is 16.6. The quantitative estimate of drug-likeness (QED) is 0.0291. The van der Waals surface area contributed by atoms with E-state index in [1.54, 1.807) is 21.1 Å². The molecule has 0 aliphatic rings. The molecule has 0 saturated heterocycles. The highest BCUT2D eigenvalue weighted by Gasteiger charge is 2.25. The number of hydrogen-bond donors (Lipinski definition) is 0. The first-order valence-electron chi connectivity index (χ1n) is 19.4. The van der Waals surface area contributed by atoms with Crippen LogP contribution in [-0.4, -0.2) is 75.5 Å². The number of ether oxygens (including phenoxy) is 3. The molecule has 0 aromatic rings. The molecule has 280 valence electrons. The molecule has 0 aromatic heterocycles. The van der Waals surface area contributed by atoms with Gasteiger partial charge in [0, 0.05) is 19.3 Å². The van der Waals surface area contributed by atoms with E-state index in [4.69, 9.17) is 14.2 Å². The number of quaternary nitrogens is 1. The van der Waals surface area contributed by atoms with E-state index in [9.17, 15) is 19.5 Å². The molecule has 0 bridgehead atoms. The summed E-state index contributed by atoms with van der Waals surface area (Å²) in [6, 6.07) is -0.723. The molecule has 0 spiro atoms. The summed E-state index contributed by atoms with van der Waals surface area (Å²) >= 11 is 0. The molecular formula is C40H73NO7. The lowest BCUT2D eigenvalue weighted by Gasteiger charge is -2.34. The second-order valence-electron chi connectivity index (χ2n) is 14.1. The van der Waals surface area contributed by atoms with E-state index in [0.29, 0.717) is 12.8 Å².